The average molecular weight is 636 g/mol. The van der Waals surface area contributed by atoms with Crippen LogP contribution in [-0.4, -0.2) is 61.2 Å². The maximum absolute atomic E-state index is 13.8. The van der Waals surface area contributed by atoms with Gasteiger partial charge in [-0.25, -0.2) is 13.4 Å². The summed E-state index contributed by atoms with van der Waals surface area (Å²) in [5.74, 6) is -0.226. The number of amides is 1. The van der Waals surface area contributed by atoms with Gasteiger partial charge in [-0.15, -0.1) is 12.4 Å². The number of hydrogen-bond acceptors (Lipinski definition) is 6. The van der Waals surface area contributed by atoms with Crippen LogP contribution in [0.2, 0.25) is 5.02 Å². The van der Waals surface area contributed by atoms with Crippen molar-refractivity contribution in [3.05, 3.63) is 88.4 Å². The molecule has 3 aromatic carbocycles. The number of fused-ring (bicyclic) bond motifs is 1. The van der Waals surface area contributed by atoms with Gasteiger partial charge in [0.25, 0.3) is 5.91 Å². The molecule has 41 heavy (non-hydrogen) atoms. The molecule has 1 amide bonds. The summed E-state index contributed by atoms with van der Waals surface area (Å²) >= 11 is 7.71. The summed E-state index contributed by atoms with van der Waals surface area (Å²) in [6.07, 6.45) is 0. The normalized spacial score (nSPS) is 11.7. The first-order chi connectivity index (χ1) is 19.2. The highest BCUT2D eigenvalue weighted by Gasteiger charge is 2.26. The molecule has 1 aromatic heterocycles. The number of rotatable bonds is 12. The smallest absolute Gasteiger partial charge is 0.260 e. The zero-order chi connectivity index (χ0) is 28.9. The van der Waals surface area contributed by atoms with Gasteiger partial charge in [-0.3, -0.25) is 9.69 Å². The monoisotopic (exact) mass is 634 g/mol. The molecule has 0 saturated carbocycles. The van der Waals surface area contributed by atoms with Crippen LogP contribution in [0, 0.1) is 6.92 Å². The maximum Gasteiger partial charge on any atom is 0.260 e. The highest BCUT2D eigenvalue weighted by molar-refractivity contribution is 7.89. The van der Waals surface area contributed by atoms with Crippen LogP contribution in [0.1, 0.15) is 42.3 Å². The summed E-state index contributed by atoms with van der Waals surface area (Å²) in [5, 5.41) is 1.22. The first-order valence-corrected chi connectivity index (χ1v) is 16.1. The number of sulfonamides is 1. The minimum absolute atomic E-state index is 0. The lowest BCUT2D eigenvalue weighted by atomic mass is 10.2. The highest BCUT2D eigenvalue weighted by Crippen LogP contribution is 2.34. The van der Waals surface area contributed by atoms with Crippen LogP contribution in [0.4, 0.5) is 5.13 Å². The van der Waals surface area contributed by atoms with E-state index in [0.29, 0.717) is 35.4 Å². The third-order valence-electron chi connectivity index (χ3n) is 6.94. The van der Waals surface area contributed by atoms with Crippen molar-refractivity contribution in [3.63, 3.8) is 0 Å². The summed E-state index contributed by atoms with van der Waals surface area (Å²) in [7, 11) is -3.74. The molecule has 0 aliphatic carbocycles. The number of aromatic nitrogens is 1. The van der Waals surface area contributed by atoms with Crippen LogP contribution in [0.3, 0.4) is 0 Å². The molecule has 0 atom stereocenters. The van der Waals surface area contributed by atoms with Crippen LogP contribution in [0.15, 0.2) is 71.6 Å². The van der Waals surface area contributed by atoms with Gasteiger partial charge in [0.15, 0.2) is 5.13 Å². The molecule has 0 fully saturated rings. The second-order valence-corrected chi connectivity index (χ2v) is 12.9. The Bertz CT molecular complexity index is 1560. The Morgan fingerprint density at radius 1 is 0.927 bits per heavy atom. The fourth-order valence-electron chi connectivity index (χ4n) is 4.55. The number of likely N-dealkylation sites (N-methyl/N-ethyl adjacent to an activating group) is 1. The molecule has 220 valence electrons. The fraction of sp³-hybridized carbons (Fsp3) is 0.333. The number of halogens is 2. The molecule has 0 N–H and O–H groups in total. The molecule has 0 saturated heterocycles. The van der Waals surface area contributed by atoms with E-state index in [1.54, 1.807) is 17.0 Å². The zero-order valence-corrected chi connectivity index (χ0v) is 26.9. The standard InChI is InChI=1S/C30H35ClN4O3S2.ClH/c1-5-33(6-2)17-18-35(30-32-28-22(4)19-25(31)20-27(28)39-30)29(36)24-13-15-26(16-14-24)40(37,38)34(7-3)21-23-11-9-8-10-12-23;/h8-16,19-20H,5-7,17-18,21H2,1-4H3;1H. The van der Waals surface area contributed by atoms with Gasteiger partial charge in [0.1, 0.15) is 0 Å². The molecular weight excluding hydrogens is 599 g/mol. The first kappa shape index (κ1) is 33.0. The molecule has 0 aliphatic heterocycles. The molecule has 4 aromatic rings. The quantitative estimate of drug-likeness (QED) is 0.170. The number of aryl methyl sites for hydroxylation is 1. The van der Waals surface area contributed by atoms with Crippen LogP contribution in [0.5, 0.6) is 0 Å². The average Bonchev–Trinajstić information content (AvgIpc) is 3.38. The Morgan fingerprint density at radius 3 is 2.20 bits per heavy atom. The van der Waals surface area contributed by atoms with Crippen molar-refractivity contribution in [1.82, 2.24) is 14.2 Å². The van der Waals surface area contributed by atoms with E-state index in [0.717, 1.165) is 34.4 Å². The SMILES string of the molecule is CCN(CC)CCN(C(=O)c1ccc(S(=O)(=O)N(CC)Cc2ccccc2)cc1)c1nc2c(C)cc(Cl)cc2s1.Cl. The molecule has 1 heterocycles. The second kappa shape index (κ2) is 14.6. The molecule has 4 rings (SSSR count). The Morgan fingerprint density at radius 2 is 1.59 bits per heavy atom. The van der Waals surface area contributed by atoms with Gasteiger partial charge in [-0.05, 0) is 67.5 Å². The van der Waals surface area contributed by atoms with Gasteiger partial charge in [0.2, 0.25) is 10.0 Å². The van der Waals surface area contributed by atoms with Crippen molar-refractivity contribution in [3.8, 4) is 0 Å². The summed E-state index contributed by atoms with van der Waals surface area (Å²) in [6.45, 7) is 11.4. The molecule has 0 radical (unpaired) electrons. The van der Waals surface area contributed by atoms with Crippen molar-refractivity contribution in [2.75, 3.05) is 37.6 Å². The number of carbonyl (C=O) groups is 1. The van der Waals surface area contributed by atoms with Gasteiger partial charge >= 0.3 is 0 Å². The lowest BCUT2D eigenvalue weighted by Crippen LogP contribution is -2.39. The van der Waals surface area contributed by atoms with Crippen LogP contribution >= 0.6 is 35.3 Å². The van der Waals surface area contributed by atoms with Gasteiger partial charge in [0.05, 0.1) is 15.1 Å². The first-order valence-electron chi connectivity index (χ1n) is 13.4. The minimum Gasteiger partial charge on any atom is -0.302 e. The van der Waals surface area contributed by atoms with E-state index in [-0.39, 0.29) is 29.8 Å². The Balaban J connectivity index is 0.00000462. The van der Waals surface area contributed by atoms with E-state index in [9.17, 15) is 13.2 Å². The number of hydrogen-bond donors (Lipinski definition) is 0. The topological polar surface area (TPSA) is 73.8 Å². The highest BCUT2D eigenvalue weighted by atomic mass is 35.5. The van der Waals surface area contributed by atoms with E-state index in [1.165, 1.54) is 27.8 Å². The minimum atomic E-state index is -3.74. The molecule has 0 bridgehead atoms. The summed E-state index contributed by atoms with van der Waals surface area (Å²) in [5.41, 5.74) is 3.09. The molecular formula is C30H36Cl2N4O3S2. The van der Waals surface area contributed by atoms with E-state index >= 15 is 0 Å². The van der Waals surface area contributed by atoms with Gasteiger partial charge in [0, 0.05) is 36.8 Å². The molecule has 7 nitrogen and oxygen atoms in total. The van der Waals surface area contributed by atoms with E-state index in [4.69, 9.17) is 16.6 Å². The molecule has 0 aliphatic rings. The Labute approximate surface area is 258 Å². The summed E-state index contributed by atoms with van der Waals surface area (Å²) in [4.78, 5) is 22.7. The maximum atomic E-state index is 13.8. The summed E-state index contributed by atoms with van der Waals surface area (Å²) in [6, 6.07) is 19.4. The van der Waals surface area contributed by atoms with Crippen molar-refractivity contribution in [1.29, 1.82) is 0 Å². The summed E-state index contributed by atoms with van der Waals surface area (Å²) < 4.78 is 29.2. The van der Waals surface area contributed by atoms with Gasteiger partial charge in [-0.2, -0.15) is 4.31 Å². The number of benzene rings is 3. The number of carbonyl (C=O) groups excluding carboxylic acids is 1. The lowest BCUT2D eigenvalue weighted by molar-refractivity contribution is 0.0983. The number of nitrogens with zero attached hydrogens (tertiary/aromatic N) is 4. The zero-order valence-electron chi connectivity index (χ0n) is 23.7. The predicted molar refractivity (Wildman–Crippen MR) is 172 cm³/mol. The van der Waals surface area contributed by atoms with E-state index < -0.39 is 10.0 Å². The Hall–Kier alpha value is -2.53. The van der Waals surface area contributed by atoms with Crippen LogP contribution in [0.25, 0.3) is 10.2 Å². The Kier molecular flexibility index (Phi) is 11.7. The second-order valence-electron chi connectivity index (χ2n) is 9.49. The molecule has 0 spiro atoms. The van der Waals surface area contributed by atoms with E-state index in [1.807, 2.05) is 56.3 Å². The van der Waals surface area contributed by atoms with Crippen molar-refractivity contribution >= 4 is 66.6 Å². The predicted octanol–water partition coefficient (Wildman–Crippen LogP) is 6.88. The third-order valence-corrected chi connectivity index (χ3v) is 10.1. The third kappa shape index (κ3) is 7.66. The van der Waals surface area contributed by atoms with Gasteiger partial charge in [-0.1, -0.05) is 74.0 Å². The van der Waals surface area contributed by atoms with Crippen molar-refractivity contribution in [2.24, 2.45) is 0 Å². The van der Waals surface area contributed by atoms with Crippen LogP contribution < -0.4 is 4.90 Å². The van der Waals surface area contributed by atoms with Crippen molar-refractivity contribution < 1.29 is 13.2 Å². The largest absolute Gasteiger partial charge is 0.302 e. The molecule has 0 unspecified atom stereocenters. The fourth-order valence-corrected chi connectivity index (χ4v) is 7.43. The van der Waals surface area contributed by atoms with Gasteiger partial charge < -0.3 is 4.90 Å². The lowest BCUT2D eigenvalue weighted by Gasteiger charge is -2.25. The molecule has 11 heteroatoms. The van der Waals surface area contributed by atoms with Crippen molar-refractivity contribution in [2.45, 2.75) is 39.1 Å². The van der Waals surface area contributed by atoms with Crippen LogP contribution in [-0.2, 0) is 16.6 Å². The number of thiazole rings is 1. The van der Waals surface area contributed by atoms with E-state index in [2.05, 4.69) is 18.7 Å². The number of anilines is 1.